The van der Waals surface area contributed by atoms with Gasteiger partial charge in [0.2, 0.25) is 0 Å². The Hall–Kier alpha value is -0.860. The SMILES string of the molecule is CC(=O)OC(C)(C)C(=O)CC(C)C. The zero-order valence-corrected chi connectivity index (χ0v) is 9.01. The second-order valence-electron chi connectivity index (χ2n) is 4.13. The summed E-state index contributed by atoms with van der Waals surface area (Å²) < 4.78 is 4.91. The number of ketones is 1. The molecule has 13 heavy (non-hydrogen) atoms. The van der Waals surface area contributed by atoms with Gasteiger partial charge in [0, 0.05) is 13.3 Å². The van der Waals surface area contributed by atoms with Crippen molar-refractivity contribution in [2.45, 2.75) is 46.6 Å². The monoisotopic (exact) mass is 186 g/mol. The summed E-state index contributed by atoms with van der Waals surface area (Å²) in [5, 5.41) is 0. The third-order valence-corrected chi connectivity index (χ3v) is 1.66. The molecule has 0 bridgehead atoms. The molecule has 76 valence electrons. The predicted molar refractivity (Wildman–Crippen MR) is 50.3 cm³/mol. The van der Waals surface area contributed by atoms with E-state index in [1.165, 1.54) is 6.92 Å². The molecular formula is C10H18O3. The molecule has 0 heterocycles. The molecule has 0 aromatic carbocycles. The van der Waals surface area contributed by atoms with E-state index in [-0.39, 0.29) is 5.78 Å². The lowest BCUT2D eigenvalue weighted by atomic mass is 9.95. The van der Waals surface area contributed by atoms with E-state index >= 15 is 0 Å². The molecule has 0 aliphatic carbocycles. The van der Waals surface area contributed by atoms with E-state index in [4.69, 9.17) is 4.74 Å². The van der Waals surface area contributed by atoms with E-state index in [9.17, 15) is 9.59 Å². The van der Waals surface area contributed by atoms with Gasteiger partial charge in [-0.2, -0.15) is 0 Å². The van der Waals surface area contributed by atoms with Gasteiger partial charge in [0.05, 0.1) is 0 Å². The molecule has 0 spiro atoms. The lowest BCUT2D eigenvalue weighted by molar-refractivity contribution is -0.162. The van der Waals surface area contributed by atoms with E-state index in [0.29, 0.717) is 12.3 Å². The van der Waals surface area contributed by atoms with Crippen LogP contribution in [0.5, 0.6) is 0 Å². The van der Waals surface area contributed by atoms with Crippen molar-refractivity contribution in [3.63, 3.8) is 0 Å². The maximum Gasteiger partial charge on any atom is 0.303 e. The fraction of sp³-hybridized carbons (Fsp3) is 0.800. The second-order valence-corrected chi connectivity index (χ2v) is 4.13. The summed E-state index contributed by atoms with van der Waals surface area (Å²) in [6, 6.07) is 0. The van der Waals surface area contributed by atoms with Crippen LogP contribution in [0.1, 0.15) is 41.0 Å². The maximum atomic E-state index is 11.5. The molecule has 0 aliphatic heterocycles. The summed E-state index contributed by atoms with van der Waals surface area (Å²) in [6.45, 7) is 8.48. The molecule has 0 fully saturated rings. The Morgan fingerprint density at radius 3 is 2.08 bits per heavy atom. The van der Waals surface area contributed by atoms with Crippen LogP contribution in [-0.2, 0) is 14.3 Å². The summed E-state index contributed by atoms with van der Waals surface area (Å²) in [6.07, 6.45) is 0.445. The number of ether oxygens (including phenoxy) is 1. The summed E-state index contributed by atoms with van der Waals surface area (Å²) in [7, 11) is 0. The minimum Gasteiger partial charge on any atom is -0.452 e. The Kier molecular flexibility index (Phi) is 4.11. The first kappa shape index (κ1) is 12.1. The average molecular weight is 186 g/mol. The molecule has 3 nitrogen and oxygen atoms in total. The summed E-state index contributed by atoms with van der Waals surface area (Å²) in [5.41, 5.74) is -0.976. The largest absolute Gasteiger partial charge is 0.452 e. The first-order valence-electron chi connectivity index (χ1n) is 4.48. The highest BCUT2D eigenvalue weighted by Gasteiger charge is 2.30. The average Bonchev–Trinajstić information content (AvgIpc) is 1.81. The van der Waals surface area contributed by atoms with Crippen molar-refractivity contribution in [2.75, 3.05) is 0 Å². The van der Waals surface area contributed by atoms with Crippen LogP contribution < -0.4 is 0 Å². The number of hydrogen-bond donors (Lipinski definition) is 0. The van der Waals surface area contributed by atoms with Gasteiger partial charge in [0.15, 0.2) is 11.4 Å². The van der Waals surface area contributed by atoms with Crippen molar-refractivity contribution < 1.29 is 14.3 Å². The van der Waals surface area contributed by atoms with Gasteiger partial charge in [-0.3, -0.25) is 9.59 Å². The molecule has 0 amide bonds. The van der Waals surface area contributed by atoms with Gasteiger partial charge in [0.1, 0.15) is 0 Å². The Labute approximate surface area is 79.5 Å². The van der Waals surface area contributed by atoms with Crippen molar-refractivity contribution >= 4 is 11.8 Å². The van der Waals surface area contributed by atoms with Crippen LogP contribution in [0.2, 0.25) is 0 Å². The molecule has 0 aromatic heterocycles. The van der Waals surface area contributed by atoms with Crippen LogP contribution >= 0.6 is 0 Å². The van der Waals surface area contributed by atoms with Crippen molar-refractivity contribution in [1.82, 2.24) is 0 Å². The molecular weight excluding hydrogens is 168 g/mol. The molecule has 0 radical (unpaired) electrons. The first-order valence-corrected chi connectivity index (χ1v) is 4.48. The third kappa shape index (κ3) is 4.65. The van der Waals surface area contributed by atoms with E-state index in [1.807, 2.05) is 13.8 Å². The van der Waals surface area contributed by atoms with Crippen molar-refractivity contribution in [1.29, 1.82) is 0 Å². The van der Waals surface area contributed by atoms with Gasteiger partial charge in [-0.1, -0.05) is 13.8 Å². The lowest BCUT2D eigenvalue weighted by Gasteiger charge is -2.23. The fourth-order valence-electron chi connectivity index (χ4n) is 1.03. The van der Waals surface area contributed by atoms with Gasteiger partial charge in [0.25, 0.3) is 0 Å². The van der Waals surface area contributed by atoms with E-state index < -0.39 is 11.6 Å². The molecule has 0 atom stereocenters. The van der Waals surface area contributed by atoms with Gasteiger partial charge >= 0.3 is 5.97 Å². The maximum absolute atomic E-state index is 11.5. The number of esters is 1. The van der Waals surface area contributed by atoms with E-state index in [1.54, 1.807) is 13.8 Å². The predicted octanol–water partition coefficient (Wildman–Crippen LogP) is 1.94. The Morgan fingerprint density at radius 2 is 1.77 bits per heavy atom. The van der Waals surface area contributed by atoms with E-state index in [2.05, 4.69) is 0 Å². The highest BCUT2D eigenvalue weighted by atomic mass is 16.6. The molecule has 0 unspecified atom stereocenters. The third-order valence-electron chi connectivity index (χ3n) is 1.66. The molecule has 0 saturated carbocycles. The first-order chi connectivity index (χ1) is 5.75. The number of carbonyl (C=O) groups is 2. The van der Waals surface area contributed by atoms with Gasteiger partial charge < -0.3 is 4.74 Å². The van der Waals surface area contributed by atoms with Crippen LogP contribution in [0.15, 0.2) is 0 Å². The van der Waals surface area contributed by atoms with E-state index in [0.717, 1.165) is 0 Å². The normalized spacial score (nSPS) is 11.5. The van der Waals surface area contributed by atoms with Gasteiger partial charge in [-0.05, 0) is 19.8 Å². The molecule has 3 heteroatoms. The molecule has 0 aliphatic rings. The Balaban J connectivity index is 4.27. The van der Waals surface area contributed by atoms with Crippen LogP contribution in [0.25, 0.3) is 0 Å². The molecule has 0 rings (SSSR count). The van der Waals surface area contributed by atoms with Crippen LogP contribution in [0.4, 0.5) is 0 Å². The van der Waals surface area contributed by atoms with Crippen molar-refractivity contribution in [3.8, 4) is 0 Å². The lowest BCUT2D eigenvalue weighted by Crippen LogP contribution is -2.37. The molecule has 0 saturated heterocycles. The number of rotatable bonds is 4. The fourth-order valence-corrected chi connectivity index (χ4v) is 1.03. The number of carbonyl (C=O) groups excluding carboxylic acids is 2. The topological polar surface area (TPSA) is 43.4 Å². The quantitative estimate of drug-likeness (QED) is 0.630. The van der Waals surface area contributed by atoms with Crippen LogP contribution in [0, 0.1) is 5.92 Å². The second kappa shape index (κ2) is 4.40. The van der Waals surface area contributed by atoms with Crippen molar-refractivity contribution in [3.05, 3.63) is 0 Å². The Bertz CT molecular complexity index is 204. The molecule has 0 aromatic rings. The highest BCUT2D eigenvalue weighted by molar-refractivity contribution is 5.88. The zero-order chi connectivity index (χ0) is 10.6. The summed E-state index contributed by atoms with van der Waals surface area (Å²) in [5.74, 6) is -0.151. The minimum atomic E-state index is -0.976. The molecule has 0 N–H and O–H groups in total. The summed E-state index contributed by atoms with van der Waals surface area (Å²) in [4.78, 5) is 22.2. The number of Topliss-reactive ketones (excluding diaryl/α,β-unsaturated/α-hetero) is 1. The minimum absolute atomic E-state index is 0.0299. The Morgan fingerprint density at radius 1 is 1.31 bits per heavy atom. The van der Waals surface area contributed by atoms with Crippen molar-refractivity contribution in [2.24, 2.45) is 5.92 Å². The van der Waals surface area contributed by atoms with Gasteiger partial charge in [-0.25, -0.2) is 0 Å². The number of hydrogen-bond acceptors (Lipinski definition) is 3. The smallest absolute Gasteiger partial charge is 0.303 e. The zero-order valence-electron chi connectivity index (χ0n) is 9.01. The van der Waals surface area contributed by atoms with Crippen LogP contribution in [-0.4, -0.2) is 17.4 Å². The van der Waals surface area contributed by atoms with Gasteiger partial charge in [-0.15, -0.1) is 0 Å². The summed E-state index contributed by atoms with van der Waals surface area (Å²) >= 11 is 0. The van der Waals surface area contributed by atoms with Crippen LogP contribution in [0.3, 0.4) is 0 Å². The highest BCUT2D eigenvalue weighted by Crippen LogP contribution is 2.16. The standard InChI is InChI=1S/C10H18O3/c1-7(2)6-9(12)10(4,5)13-8(3)11/h7H,6H2,1-5H3.